The minimum Gasteiger partial charge on any atom is -0.352 e. The van der Waals surface area contributed by atoms with Crippen molar-refractivity contribution in [3.8, 4) is 0 Å². The standard InChI is InChI=1S/C11H21BrN2O/c1-7(2)10(13)11(15)14-9-5-3-8(12)4-6-9/h7-10H,3-6,13H2,1-2H3,(H,14,15). The van der Waals surface area contributed by atoms with Crippen LogP contribution in [0.1, 0.15) is 39.5 Å². The first kappa shape index (κ1) is 13.0. The van der Waals surface area contributed by atoms with Crippen LogP contribution in [-0.4, -0.2) is 22.8 Å². The van der Waals surface area contributed by atoms with Crippen molar-refractivity contribution in [3.63, 3.8) is 0 Å². The third-order valence-corrected chi connectivity index (χ3v) is 3.94. The lowest BCUT2D eigenvalue weighted by Gasteiger charge is -2.27. The molecule has 15 heavy (non-hydrogen) atoms. The molecule has 0 radical (unpaired) electrons. The van der Waals surface area contributed by atoms with Gasteiger partial charge in [0.1, 0.15) is 0 Å². The molecule has 0 aromatic rings. The van der Waals surface area contributed by atoms with Crippen LogP contribution < -0.4 is 11.1 Å². The van der Waals surface area contributed by atoms with Gasteiger partial charge in [0.15, 0.2) is 0 Å². The van der Waals surface area contributed by atoms with E-state index < -0.39 is 0 Å². The van der Waals surface area contributed by atoms with Crippen molar-refractivity contribution in [1.29, 1.82) is 0 Å². The van der Waals surface area contributed by atoms with Gasteiger partial charge in [0.25, 0.3) is 0 Å². The van der Waals surface area contributed by atoms with Crippen LogP contribution in [0.2, 0.25) is 0 Å². The number of rotatable bonds is 3. The summed E-state index contributed by atoms with van der Waals surface area (Å²) in [5, 5.41) is 3.04. The van der Waals surface area contributed by atoms with Crippen LogP contribution >= 0.6 is 15.9 Å². The van der Waals surface area contributed by atoms with Crippen molar-refractivity contribution < 1.29 is 4.79 Å². The highest BCUT2D eigenvalue weighted by Gasteiger charge is 2.24. The van der Waals surface area contributed by atoms with E-state index in [0.29, 0.717) is 10.9 Å². The molecule has 1 fully saturated rings. The smallest absolute Gasteiger partial charge is 0.237 e. The first-order valence-electron chi connectivity index (χ1n) is 5.70. The average molecular weight is 277 g/mol. The summed E-state index contributed by atoms with van der Waals surface area (Å²) < 4.78 is 0. The Bertz CT molecular complexity index is 213. The summed E-state index contributed by atoms with van der Waals surface area (Å²) in [6, 6.07) is -0.0391. The summed E-state index contributed by atoms with van der Waals surface area (Å²) in [5.74, 6) is 0.209. The minimum atomic E-state index is -0.369. The predicted octanol–water partition coefficient (Wildman–Crippen LogP) is 1.79. The summed E-state index contributed by atoms with van der Waals surface area (Å²) in [5.41, 5.74) is 5.78. The molecule has 0 spiro atoms. The molecule has 1 atom stereocenters. The van der Waals surface area contributed by atoms with E-state index in [1.807, 2.05) is 13.8 Å². The zero-order chi connectivity index (χ0) is 11.4. The number of nitrogens with two attached hydrogens (primary N) is 1. The quantitative estimate of drug-likeness (QED) is 0.773. The first-order valence-corrected chi connectivity index (χ1v) is 6.62. The van der Waals surface area contributed by atoms with Crippen LogP contribution in [0.3, 0.4) is 0 Å². The monoisotopic (exact) mass is 276 g/mol. The third-order valence-electron chi connectivity index (χ3n) is 3.02. The van der Waals surface area contributed by atoms with Gasteiger partial charge < -0.3 is 11.1 Å². The SMILES string of the molecule is CC(C)C(N)C(=O)NC1CCC(Br)CC1. The van der Waals surface area contributed by atoms with Crippen molar-refractivity contribution in [3.05, 3.63) is 0 Å². The molecule has 1 rings (SSSR count). The summed E-state index contributed by atoms with van der Waals surface area (Å²) in [6.07, 6.45) is 4.41. The Morgan fingerprint density at radius 3 is 2.33 bits per heavy atom. The predicted molar refractivity (Wildman–Crippen MR) is 65.9 cm³/mol. The molecule has 1 saturated carbocycles. The second-order valence-corrected chi connectivity index (χ2v) is 6.02. The fourth-order valence-electron chi connectivity index (χ4n) is 1.80. The van der Waals surface area contributed by atoms with Crippen LogP contribution in [0.15, 0.2) is 0 Å². The van der Waals surface area contributed by atoms with Crippen LogP contribution in [0.4, 0.5) is 0 Å². The van der Waals surface area contributed by atoms with E-state index in [4.69, 9.17) is 5.73 Å². The van der Waals surface area contributed by atoms with Gasteiger partial charge in [-0.25, -0.2) is 0 Å². The number of hydrogen-bond donors (Lipinski definition) is 2. The number of hydrogen-bond acceptors (Lipinski definition) is 2. The van der Waals surface area contributed by atoms with E-state index in [-0.39, 0.29) is 17.9 Å². The van der Waals surface area contributed by atoms with E-state index in [0.717, 1.165) is 25.7 Å². The van der Waals surface area contributed by atoms with E-state index in [9.17, 15) is 4.79 Å². The number of amides is 1. The Morgan fingerprint density at radius 2 is 1.87 bits per heavy atom. The normalized spacial score (nSPS) is 28.9. The highest BCUT2D eigenvalue weighted by atomic mass is 79.9. The van der Waals surface area contributed by atoms with Crippen molar-refractivity contribution in [2.75, 3.05) is 0 Å². The Balaban J connectivity index is 2.32. The number of halogens is 1. The van der Waals surface area contributed by atoms with Crippen LogP contribution in [0.25, 0.3) is 0 Å². The van der Waals surface area contributed by atoms with Crippen LogP contribution in [-0.2, 0) is 4.79 Å². The van der Waals surface area contributed by atoms with Gasteiger partial charge in [-0.1, -0.05) is 29.8 Å². The van der Waals surface area contributed by atoms with Gasteiger partial charge in [-0.15, -0.1) is 0 Å². The molecule has 88 valence electrons. The highest BCUT2D eigenvalue weighted by molar-refractivity contribution is 9.09. The van der Waals surface area contributed by atoms with Gasteiger partial charge >= 0.3 is 0 Å². The Morgan fingerprint density at radius 1 is 1.33 bits per heavy atom. The lowest BCUT2D eigenvalue weighted by Crippen LogP contribution is -2.48. The molecule has 0 heterocycles. The van der Waals surface area contributed by atoms with Crippen molar-refractivity contribution in [2.24, 2.45) is 11.7 Å². The Kier molecular flexibility index (Phi) is 5.06. The van der Waals surface area contributed by atoms with Gasteiger partial charge in [0.2, 0.25) is 5.91 Å². The van der Waals surface area contributed by atoms with Crippen LogP contribution in [0, 0.1) is 5.92 Å². The maximum Gasteiger partial charge on any atom is 0.237 e. The van der Waals surface area contributed by atoms with E-state index in [2.05, 4.69) is 21.2 Å². The molecule has 1 aliphatic rings. The number of alkyl halides is 1. The molecule has 3 N–H and O–H groups in total. The molecule has 4 heteroatoms. The van der Waals surface area contributed by atoms with Gasteiger partial charge in [0, 0.05) is 10.9 Å². The maximum atomic E-state index is 11.7. The molecule has 0 aliphatic heterocycles. The zero-order valence-electron chi connectivity index (χ0n) is 9.50. The number of carbonyl (C=O) groups excluding carboxylic acids is 1. The second-order valence-electron chi connectivity index (χ2n) is 4.73. The highest BCUT2D eigenvalue weighted by Crippen LogP contribution is 2.24. The van der Waals surface area contributed by atoms with E-state index in [1.165, 1.54) is 0 Å². The summed E-state index contributed by atoms with van der Waals surface area (Å²) in [6.45, 7) is 3.94. The summed E-state index contributed by atoms with van der Waals surface area (Å²) in [7, 11) is 0. The molecular formula is C11H21BrN2O. The minimum absolute atomic E-state index is 0.00280. The fourth-order valence-corrected chi connectivity index (χ4v) is 2.33. The number of carbonyl (C=O) groups is 1. The Hall–Kier alpha value is -0.0900. The van der Waals surface area contributed by atoms with Crippen molar-refractivity contribution in [2.45, 2.75) is 56.4 Å². The lowest BCUT2D eigenvalue weighted by molar-refractivity contribution is -0.124. The second kappa shape index (κ2) is 5.85. The summed E-state index contributed by atoms with van der Waals surface area (Å²) >= 11 is 3.60. The van der Waals surface area contributed by atoms with Crippen molar-refractivity contribution >= 4 is 21.8 Å². The molecule has 1 amide bonds. The zero-order valence-corrected chi connectivity index (χ0v) is 11.1. The lowest BCUT2D eigenvalue weighted by atomic mass is 9.94. The van der Waals surface area contributed by atoms with Crippen molar-refractivity contribution in [1.82, 2.24) is 5.32 Å². The van der Waals surface area contributed by atoms with Gasteiger partial charge in [-0.2, -0.15) is 0 Å². The van der Waals surface area contributed by atoms with Crippen LogP contribution in [0.5, 0.6) is 0 Å². The third kappa shape index (κ3) is 4.11. The topological polar surface area (TPSA) is 55.1 Å². The van der Waals surface area contributed by atoms with Gasteiger partial charge in [-0.05, 0) is 31.6 Å². The summed E-state index contributed by atoms with van der Waals surface area (Å²) in [4.78, 5) is 12.3. The largest absolute Gasteiger partial charge is 0.352 e. The first-order chi connectivity index (χ1) is 7.00. The van der Waals surface area contributed by atoms with Gasteiger partial charge in [-0.3, -0.25) is 4.79 Å². The molecular weight excluding hydrogens is 256 g/mol. The molecule has 0 saturated heterocycles. The molecule has 1 unspecified atom stereocenters. The van der Waals surface area contributed by atoms with Gasteiger partial charge in [0.05, 0.1) is 6.04 Å². The number of nitrogens with one attached hydrogen (secondary N) is 1. The van der Waals surface area contributed by atoms with E-state index in [1.54, 1.807) is 0 Å². The average Bonchev–Trinajstić information content (AvgIpc) is 2.20. The Labute approximate surface area is 100 Å². The molecule has 1 aliphatic carbocycles. The molecule has 0 aromatic carbocycles. The van der Waals surface area contributed by atoms with E-state index >= 15 is 0 Å². The fraction of sp³-hybridized carbons (Fsp3) is 0.909. The molecule has 3 nitrogen and oxygen atoms in total. The molecule has 0 bridgehead atoms. The maximum absolute atomic E-state index is 11.7. The molecule has 0 aromatic heterocycles.